The molecule has 3 nitrogen and oxygen atoms in total. The maximum Gasteiger partial charge on any atom is 0.269 e. The molecule has 0 aliphatic rings. The van der Waals surface area contributed by atoms with E-state index in [9.17, 15) is 10.1 Å². The fourth-order valence-electron chi connectivity index (χ4n) is 2.45. The third kappa shape index (κ3) is 2.25. The van der Waals surface area contributed by atoms with Gasteiger partial charge in [0, 0.05) is 17.8 Å². The van der Waals surface area contributed by atoms with Crippen LogP contribution in [0.25, 0.3) is 11.1 Å². The normalized spacial score (nSPS) is 10.6. The molecule has 2 rings (SSSR count). The van der Waals surface area contributed by atoms with Crippen LogP contribution in [0.15, 0.2) is 35.3 Å². The van der Waals surface area contributed by atoms with Gasteiger partial charge in [-0.05, 0) is 44.4 Å². The fraction of sp³-hybridized carbons (Fsp3) is 0.294. The van der Waals surface area contributed by atoms with Gasteiger partial charge >= 0.3 is 0 Å². The summed E-state index contributed by atoms with van der Waals surface area (Å²) in [6, 6.07) is 9.96. The molecule has 0 bridgehead atoms. The minimum atomic E-state index is -0.216. The summed E-state index contributed by atoms with van der Waals surface area (Å²) in [5.41, 5.74) is 3.74. The number of pyridine rings is 1. The van der Waals surface area contributed by atoms with Crippen LogP contribution in [0.3, 0.4) is 0 Å². The van der Waals surface area contributed by atoms with Crippen molar-refractivity contribution < 1.29 is 0 Å². The van der Waals surface area contributed by atoms with E-state index in [1.807, 2.05) is 58.2 Å². The van der Waals surface area contributed by atoms with Gasteiger partial charge in [-0.2, -0.15) is 5.26 Å². The van der Waals surface area contributed by atoms with Gasteiger partial charge in [0.05, 0.1) is 0 Å². The summed E-state index contributed by atoms with van der Waals surface area (Å²) in [6.45, 7) is 7.82. The van der Waals surface area contributed by atoms with E-state index < -0.39 is 0 Å². The van der Waals surface area contributed by atoms with Crippen LogP contribution in [0.5, 0.6) is 0 Å². The van der Waals surface area contributed by atoms with Crippen LogP contribution in [0.2, 0.25) is 0 Å². The summed E-state index contributed by atoms with van der Waals surface area (Å²) in [7, 11) is 0. The largest absolute Gasteiger partial charge is 0.312 e. The molecule has 20 heavy (non-hydrogen) atoms. The molecule has 0 saturated heterocycles. The lowest BCUT2D eigenvalue weighted by Crippen LogP contribution is -2.25. The van der Waals surface area contributed by atoms with Crippen molar-refractivity contribution in [2.75, 3.05) is 0 Å². The fourth-order valence-corrected chi connectivity index (χ4v) is 2.45. The number of hydrogen-bond acceptors (Lipinski definition) is 2. The van der Waals surface area contributed by atoms with Gasteiger partial charge in [-0.15, -0.1) is 0 Å². The minimum Gasteiger partial charge on any atom is -0.312 e. The monoisotopic (exact) mass is 266 g/mol. The number of benzene rings is 1. The van der Waals surface area contributed by atoms with Gasteiger partial charge in [-0.1, -0.05) is 24.3 Å². The van der Waals surface area contributed by atoms with Crippen molar-refractivity contribution in [2.45, 2.75) is 33.7 Å². The van der Waals surface area contributed by atoms with Crippen LogP contribution >= 0.6 is 0 Å². The molecule has 102 valence electrons. The minimum absolute atomic E-state index is 0.0409. The van der Waals surface area contributed by atoms with Gasteiger partial charge in [0.1, 0.15) is 11.6 Å². The number of hydrogen-bond donors (Lipinski definition) is 0. The Hall–Kier alpha value is -2.34. The molecular formula is C17H18N2O. The van der Waals surface area contributed by atoms with Gasteiger partial charge in [0.15, 0.2) is 0 Å². The molecule has 0 aliphatic heterocycles. The molecular weight excluding hydrogens is 248 g/mol. The Kier molecular flexibility index (Phi) is 3.76. The number of nitrogens with zero attached hydrogens (tertiary/aromatic N) is 2. The van der Waals surface area contributed by atoms with Gasteiger partial charge in [-0.25, -0.2) is 0 Å². The van der Waals surface area contributed by atoms with Crippen LogP contribution in [-0.2, 0) is 0 Å². The standard InChI is InChI=1S/C17H18N2O/c1-11(2)19-10-13(4)16(15(9-18)17(19)20)14-8-6-5-7-12(14)3/h5-8,10-11H,1-4H3. The molecule has 0 spiro atoms. The molecule has 0 N–H and O–H groups in total. The van der Waals surface area contributed by atoms with Crippen molar-refractivity contribution in [1.82, 2.24) is 4.57 Å². The SMILES string of the molecule is Cc1ccccc1-c1c(C)cn(C(C)C)c(=O)c1C#N. The van der Waals surface area contributed by atoms with Gasteiger partial charge < -0.3 is 4.57 Å². The predicted octanol–water partition coefficient (Wildman–Crippen LogP) is 3.58. The molecule has 0 aliphatic carbocycles. The van der Waals surface area contributed by atoms with Crippen molar-refractivity contribution in [3.63, 3.8) is 0 Å². The quantitative estimate of drug-likeness (QED) is 0.834. The van der Waals surface area contributed by atoms with Crippen molar-refractivity contribution in [1.29, 1.82) is 5.26 Å². The lowest BCUT2D eigenvalue weighted by molar-refractivity contribution is 0.575. The van der Waals surface area contributed by atoms with Gasteiger partial charge in [0.25, 0.3) is 5.56 Å². The van der Waals surface area contributed by atoms with Crippen molar-refractivity contribution in [2.24, 2.45) is 0 Å². The van der Waals surface area contributed by atoms with Crippen LogP contribution in [0.4, 0.5) is 0 Å². The van der Waals surface area contributed by atoms with E-state index in [4.69, 9.17) is 0 Å². The summed E-state index contributed by atoms with van der Waals surface area (Å²) < 4.78 is 1.62. The Morgan fingerprint density at radius 3 is 2.35 bits per heavy atom. The highest BCUT2D eigenvalue weighted by atomic mass is 16.1. The summed E-state index contributed by atoms with van der Waals surface area (Å²) in [5, 5.41) is 9.42. The van der Waals surface area contributed by atoms with E-state index in [2.05, 4.69) is 6.07 Å². The summed E-state index contributed by atoms with van der Waals surface area (Å²) in [6.07, 6.45) is 1.84. The van der Waals surface area contributed by atoms with Crippen molar-refractivity contribution in [3.05, 3.63) is 57.5 Å². The number of nitriles is 1. The maximum atomic E-state index is 12.4. The second kappa shape index (κ2) is 5.34. The Morgan fingerprint density at radius 1 is 1.15 bits per heavy atom. The molecule has 0 radical (unpaired) electrons. The first-order chi connectivity index (χ1) is 9.47. The smallest absolute Gasteiger partial charge is 0.269 e. The summed E-state index contributed by atoms with van der Waals surface area (Å²) >= 11 is 0. The van der Waals surface area contributed by atoms with E-state index in [1.165, 1.54) is 0 Å². The Bertz CT molecular complexity index is 749. The van der Waals surface area contributed by atoms with E-state index in [0.717, 1.165) is 22.3 Å². The third-order valence-electron chi connectivity index (χ3n) is 3.51. The number of aryl methyl sites for hydroxylation is 2. The molecule has 1 aromatic carbocycles. The van der Waals surface area contributed by atoms with Gasteiger partial charge in [-0.3, -0.25) is 4.79 Å². The average Bonchev–Trinajstić information content (AvgIpc) is 2.41. The van der Waals surface area contributed by atoms with Crippen molar-refractivity contribution in [3.8, 4) is 17.2 Å². The lowest BCUT2D eigenvalue weighted by Gasteiger charge is -2.16. The average molecular weight is 266 g/mol. The summed E-state index contributed by atoms with van der Waals surface area (Å²) in [5.74, 6) is 0. The molecule has 0 amide bonds. The second-order valence-electron chi connectivity index (χ2n) is 5.30. The van der Waals surface area contributed by atoms with Crippen LogP contribution < -0.4 is 5.56 Å². The third-order valence-corrected chi connectivity index (χ3v) is 3.51. The Labute approximate surface area is 119 Å². The highest BCUT2D eigenvalue weighted by Gasteiger charge is 2.17. The van der Waals surface area contributed by atoms with E-state index in [-0.39, 0.29) is 17.2 Å². The van der Waals surface area contributed by atoms with Crippen LogP contribution in [-0.4, -0.2) is 4.57 Å². The van der Waals surface area contributed by atoms with E-state index >= 15 is 0 Å². The molecule has 0 atom stereocenters. The van der Waals surface area contributed by atoms with Crippen LogP contribution in [0, 0.1) is 25.2 Å². The van der Waals surface area contributed by atoms with E-state index in [1.54, 1.807) is 4.57 Å². The highest BCUT2D eigenvalue weighted by molar-refractivity contribution is 5.75. The van der Waals surface area contributed by atoms with E-state index in [0.29, 0.717) is 0 Å². The molecule has 2 aromatic rings. The zero-order valence-electron chi connectivity index (χ0n) is 12.3. The molecule has 0 saturated carbocycles. The Morgan fingerprint density at radius 2 is 1.80 bits per heavy atom. The molecule has 0 fully saturated rings. The first-order valence-electron chi connectivity index (χ1n) is 6.69. The second-order valence-corrected chi connectivity index (χ2v) is 5.30. The first-order valence-corrected chi connectivity index (χ1v) is 6.69. The first kappa shape index (κ1) is 14.1. The zero-order chi connectivity index (χ0) is 14.9. The Balaban J connectivity index is 2.86. The molecule has 1 aromatic heterocycles. The topological polar surface area (TPSA) is 45.8 Å². The molecule has 1 heterocycles. The van der Waals surface area contributed by atoms with Gasteiger partial charge in [0.2, 0.25) is 0 Å². The lowest BCUT2D eigenvalue weighted by atomic mass is 9.94. The zero-order valence-corrected chi connectivity index (χ0v) is 12.3. The summed E-state index contributed by atoms with van der Waals surface area (Å²) in [4.78, 5) is 12.4. The molecule has 0 unspecified atom stereocenters. The number of aromatic nitrogens is 1. The predicted molar refractivity (Wildman–Crippen MR) is 80.7 cm³/mol. The van der Waals surface area contributed by atoms with Crippen LogP contribution in [0.1, 0.15) is 36.6 Å². The maximum absolute atomic E-state index is 12.4. The number of rotatable bonds is 2. The highest BCUT2D eigenvalue weighted by Crippen LogP contribution is 2.28. The van der Waals surface area contributed by atoms with Crippen molar-refractivity contribution >= 4 is 0 Å². The molecule has 3 heteroatoms.